The second kappa shape index (κ2) is 9.22. The number of nitrogens with zero attached hydrogens (tertiary/aromatic N) is 3. The predicted octanol–water partition coefficient (Wildman–Crippen LogP) is 4.29. The molecule has 1 amide bonds. The summed E-state index contributed by atoms with van der Waals surface area (Å²) in [6.07, 6.45) is 8.25. The molecule has 5 nitrogen and oxygen atoms in total. The molecule has 6 heteroatoms. The number of thioether (sulfide) groups is 1. The molecule has 0 aliphatic heterocycles. The minimum atomic E-state index is 0.0459. The van der Waals surface area contributed by atoms with Gasteiger partial charge in [0.15, 0.2) is 5.16 Å². The van der Waals surface area contributed by atoms with Crippen molar-refractivity contribution in [2.75, 3.05) is 12.3 Å². The number of amides is 1. The van der Waals surface area contributed by atoms with Crippen LogP contribution in [-0.2, 0) is 4.79 Å². The van der Waals surface area contributed by atoms with E-state index in [-0.39, 0.29) is 5.91 Å². The number of hydrogen-bond donors (Lipinski definition) is 1. The predicted molar refractivity (Wildman–Crippen MR) is 110 cm³/mol. The van der Waals surface area contributed by atoms with E-state index in [0.717, 1.165) is 28.7 Å². The van der Waals surface area contributed by atoms with Crippen LogP contribution in [-0.4, -0.2) is 33.0 Å². The first-order valence-electron chi connectivity index (χ1n) is 9.61. The fourth-order valence-corrected chi connectivity index (χ4v) is 4.17. The van der Waals surface area contributed by atoms with Crippen LogP contribution in [0.25, 0.3) is 5.69 Å². The molecular weight excluding hydrogens is 356 g/mol. The van der Waals surface area contributed by atoms with Gasteiger partial charge < -0.3 is 5.32 Å². The number of allylic oxidation sites excluding steroid dienone is 1. The number of aromatic nitrogens is 3. The molecule has 0 radical (unpaired) electrons. The molecule has 0 bridgehead atoms. The highest BCUT2D eigenvalue weighted by Gasteiger charge is 2.15. The molecule has 1 aliphatic carbocycles. The molecule has 0 atom stereocenters. The Labute approximate surface area is 165 Å². The van der Waals surface area contributed by atoms with Crippen molar-refractivity contribution in [2.45, 2.75) is 58.0 Å². The summed E-state index contributed by atoms with van der Waals surface area (Å²) in [5.74, 6) is 1.22. The summed E-state index contributed by atoms with van der Waals surface area (Å²) in [5.41, 5.74) is 4.91. The molecule has 27 heavy (non-hydrogen) atoms. The van der Waals surface area contributed by atoms with Crippen LogP contribution in [0.2, 0.25) is 0 Å². The molecule has 1 N–H and O–H groups in total. The summed E-state index contributed by atoms with van der Waals surface area (Å²) in [6, 6.07) is 6.33. The van der Waals surface area contributed by atoms with Gasteiger partial charge in [-0.15, -0.1) is 10.2 Å². The van der Waals surface area contributed by atoms with Gasteiger partial charge >= 0.3 is 0 Å². The van der Waals surface area contributed by atoms with Gasteiger partial charge in [0.1, 0.15) is 5.82 Å². The van der Waals surface area contributed by atoms with Crippen molar-refractivity contribution in [2.24, 2.45) is 0 Å². The highest BCUT2D eigenvalue weighted by molar-refractivity contribution is 7.99. The first-order chi connectivity index (χ1) is 13.0. The van der Waals surface area contributed by atoms with E-state index in [1.807, 2.05) is 11.5 Å². The van der Waals surface area contributed by atoms with Crippen LogP contribution >= 0.6 is 11.8 Å². The maximum absolute atomic E-state index is 12.2. The van der Waals surface area contributed by atoms with Gasteiger partial charge in [0.05, 0.1) is 11.4 Å². The minimum absolute atomic E-state index is 0.0459. The van der Waals surface area contributed by atoms with Crippen LogP contribution in [0, 0.1) is 20.8 Å². The maximum atomic E-state index is 12.2. The van der Waals surface area contributed by atoms with Crippen molar-refractivity contribution in [3.8, 4) is 5.69 Å². The zero-order chi connectivity index (χ0) is 19.2. The number of rotatable bonds is 7. The van der Waals surface area contributed by atoms with Crippen LogP contribution in [0.3, 0.4) is 0 Å². The zero-order valence-electron chi connectivity index (χ0n) is 16.4. The Morgan fingerprint density at radius 1 is 1.22 bits per heavy atom. The molecule has 0 unspecified atom stereocenters. The molecule has 1 aromatic carbocycles. The highest BCUT2D eigenvalue weighted by Crippen LogP contribution is 2.25. The zero-order valence-corrected chi connectivity index (χ0v) is 17.2. The van der Waals surface area contributed by atoms with E-state index in [2.05, 4.69) is 53.6 Å². The van der Waals surface area contributed by atoms with E-state index >= 15 is 0 Å². The van der Waals surface area contributed by atoms with Gasteiger partial charge in [-0.3, -0.25) is 9.36 Å². The fourth-order valence-electron chi connectivity index (χ4n) is 3.35. The fraction of sp³-hybridized carbons (Fsp3) is 0.476. The molecule has 1 aromatic heterocycles. The Morgan fingerprint density at radius 3 is 2.85 bits per heavy atom. The SMILES string of the molecule is Cc1ccc(C)c(-n2c(C)nnc2SCC(=O)NCCC2=CCCCC2)c1. The standard InChI is InChI=1S/C21H28N4OS/c1-15-9-10-16(2)19(13-15)25-17(3)23-24-21(25)27-14-20(26)22-12-11-18-7-5-4-6-8-18/h7,9-10,13H,4-6,8,11-12,14H2,1-3H3,(H,22,26). The molecule has 2 aromatic rings. The second-order valence-corrected chi connectivity index (χ2v) is 8.09. The lowest BCUT2D eigenvalue weighted by molar-refractivity contribution is -0.118. The molecule has 144 valence electrons. The van der Waals surface area contributed by atoms with Gasteiger partial charge in [0.25, 0.3) is 0 Å². The van der Waals surface area contributed by atoms with Crippen molar-refractivity contribution in [3.05, 3.63) is 46.8 Å². The number of carbonyl (C=O) groups is 1. The summed E-state index contributed by atoms with van der Waals surface area (Å²) in [6.45, 7) is 6.81. The number of hydrogen-bond acceptors (Lipinski definition) is 4. The molecule has 0 spiro atoms. The third-order valence-electron chi connectivity index (χ3n) is 4.89. The summed E-state index contributed by atoms with van der Waals surface area (Å²) in [5, 5.41) is 12.3. The van der Waals surface area contributed by atoms with E-state index in [0.29, 0.717) is 12.3 Å². The van der Waals surface area contributed by atoms with E-state index in [9.17, 15) is 4.79 Å². The van der Waals surface area contributed by atoms with Gasteiger partial charge in [-0.25, -0.2) is 0 Å². The van der Waals surface area contributed by atoms with Crippen molar-refractivity contribution in [1.29, 1.82) is 0 Å². The summed E-state index contributed by atoms with van der Waals surface area (Å²) in [7, 11) is 0. The Kier molecular flexibility index (Phi) is 6.72. The lowest BCUT2D eigenvalue weighted by Crippen LogP contribution is -2.26. The smallest absolute Gasteiger partial charge is 0.230 e. The summed E-state index contributed by atoms with van der Waals surface area (Å²) < 4.78 is 2.03. The molecule has 0 saturated carbocycles. The molecule has 0 fully saturated rings. The van der Waals surface area contributed by atoms with Gasteiger partial charge in [-0.1, -0.05) is 35.5 Å². The van der Waals surface area contributed by atoms with E-state index in [4.69, 9.17) is 0 Å². The summed E-state index contributed by atoms with van der Waals surface area (Å²) >= 11 is 1.43. The Hall–Kier alpha value is -2.08. The second-order valence-electron chi connectivity index (χ2n) is 7.15. The van der Waals surface area contributed by atoms with Crippen molar-refractivity contribution in [3.63, 3.8) is 0 Å². The lowest BCUT2D eigenvalue weighted by Gasteiger charge is -2.13. The Bertz CT molecular complexity index is 841. The van der Waals surface area contributed by atoms with Gasteiger partial charge in [-0.2, -0.15) is 0 Å². The quantitative estimate of drug-likeness (QED) is 0.571. The third kappa shape index (κ3) is 5.22. The highest BCUT2D eigenvalue weighted by atomic mass is 32.2. The van der Waals surface area contributed by atoms with Crippen LogP contribution in [0.1, 0.15) is 49.1 Å². The van der Waals surface area contributed by atoms with Gasteiger partial charge in [-0.05, 0) is 70.1 Å². The normalized spacial score (nSPS) is 14.1. The third-order valence-corrected chi connectivity index (χ3v) is 5.82. The molecule has 1 heterocycles. The average molecular weight is 385 g/mol. The van der Waals surface area contributed by atoms with E-state index < -0.39 is 0 Å². The molecule has 1 aliphatic rings. The number of benzene rings is 1. The monoisotopic (exact) mass is 384 g/mol. The van der Waals surface area contributed by atoms with Gasteiger partial charge in [0, 0.05) is 6.54 Å². The average Bonchev–Trinajstić information content (AvgIpc) is 3.03. The van der Waals surface area contributed by atoms with Gasteiger partial charge in [0.2, 0.25) is 5.91 Å². The lowest BCUT2D eigenvalue weighted by atomic mass is 9.97. The number of nitrogens with one attached hydrogen (secondary N) is 1. The van der Waals surface area contributed by atoms with Crippen LogP contribution in [0.4, 0.5) is 0 Å². The maximum Gasteiger partial charge on any atom is 0.230 e. The Morgan fingerprint density at radius 2 is 2.07 bits per heavy atom. The van der Waals surface area contributed by atoms with Crippen molar-refractivity contribution < 1.29 is 4.79 Å². The van der Waals surface area contributed by atoms with E-state index in [1.54, 1.807) is 0 Å². The van der Waals surface area contributed by atoms with Crippen LogP contribution < -0.4 is 5.32 Å². The molecular formula is C21H28N4OS. The largest absolute Gasteiger partial charge is 0.355 e. The Balaban J connectivity index is 1.57. The molecule has 3 rings (SSSR count). The number of aryl methyl sites for hydroxylation is 3. The first-order valence-corrected chi connectivity index (χ1v) is 10.6. The van der Waals surface area contributed by atoms with E-state index in [1.165, 1.54) is 48.6 Å². The molecule has 0 saturated heterocycles. The topological polar surface area (TPSA) is 59.8 Å². The minimum Gasteiger partial charge on any atom is -0.355 e. The number of carbonyl (C=O) groups excluding carboxylic acids is 1. The first kappa shape index (κ1) is 19.7. The van der Waals surface area contributed by atoms with Crippen LogP contribution in [0.15, 0.2) is 35.0 Å². The van der Waals surface area contributed by atoms with Crippen molar-refractivity contribution in [1.82, 2.24) is 20.1 Å². The van der Waals surface area contributed by atoms with Crippen molar-refractivity contribution >= 4 is 17.7 Å². The van der Waals surface area contributed by atoms with Crippen LogP contribution in [0.5, 0.6) is 0 Å². The summed E-state index contributed by atoms with van der Waals surface area (Å²) in [4.78, 5) is 12.2.